The van der Waals surface area contributed by atoms with Crippen LogP contribution in [-0.2, 0) is 9.47 Å². The Balaban J connectivity index is 1.78. The molecule has 0 aromatic heterocycles. The predicted molar refractivity (Wildman–Crippen MR) is 82.9 cm³/mol. The molecule has 8 heteroatoms. The van der Waals surface area contributed by atoms with Gasteiger partial charge in [0.15, 0.2) is 0 Å². The lowest BCUT2D eigenvalue weighted by Crippen LogP contribution is -2.30. The average Bonchev–Trinajstić information content (AvgIpc) is 3.37. The van der Waals surface area contributed by atoms with Crippen molar-refractivity contribution >= 4 is 17.7 Å². The summed E-state index contributed by atoms with van der Waals surface area (Å²) in [5, 5.41) is 4.77. The highest BCUT2D eigenvalue weighted by Crippen LogP contribution is 2.28. The molecular formula is C16H20F2N2O4. The Hall–Kier alpha value is -2.22. The van der Waals surface area contributed by atoms with Crippen molar-refractivity contribution in [1.29, 1.82) is 0 Å². The third-order valence-corrected chi connectivity index (χ3v) is 3.51. The molecule has 0 bridgehead atoms. The lowest BCUT2D eigenvalue weighted by Gasteiger charge is -2.10. The van der Waals surface area contributed by atoms with Crippen molar-refractivity contribution in [3.8, 4) is 0 Å². The van der Waals surface area contributed by atoms with Crippen LogP contribution < -0.4 is 10.6 Å². The Bertz CT molecular complexity index is 606. The second-order valence-corrected chi connectivity index (χ2v) is 5.56. The Morgan fingerprint density at radius 3 is 2.67 bits per heavy atom. The van der Waals surface area contributed by atoms with Crippen molar-refractivity contribution in [3.63, 3.8) is 0 Å². The number of methoxy groups -OCH3 is 1. The van der Waals surface area contributed by atoms with Gasteiger partial charge in [-0.2, -0.15) is 0 Å². The van der Waals surface area contributed by atoms with E-state index in [1.54, 1.807) is 0 Å². The molecule has 1 aliphatic rings. The van der Waals surface area contributed by atoms with Crippen molar-refractivity contribution in [2.45, 2.75) is 19.3 Å². The molecule has 6 nitrogen and oxygen atoms in total. The van der Waals surface area contributed by atoms with Crippen LogP contribution >= 0.6 is 0 Å². The van der Waals surface area contributed by atoms with E-state index in [-0.39, 0.29) is 5.69 Å². The molecule has 0 saturated heterocycles. The maximum Gasteiger partial charge on any atom is 0.340 e. The minimum atomic E-state index is -1.06. The highest BCUT2D eigenvalue weighted by Gasteiger charge is 2.21. The Kier molecular flexibility index (Phi) is 6.48. The Morgan fingerprint density at radius 2 is 2.00 bits per heavy atom. The number of hydrogen-bond acceptors (Lipinski definition) is 4. The predicted octanol–water partition coefficient (Wildman–Crippen LogP) is 2.69. The number of hydrogen-bond donors (Lipinski definition) is 2. The van der Waals surface area contributed by atoms with Gasteiger partial charge in [0.25, 0.3) is 0 Å². The molecule has 0 unspecified atom stereocenters. The quantitative estimate of drug-likeness (QED) is 0.562. The molecule has 1 saturated carbocycles. The van der Waals surface area contributed by atoms with E-state index in [1.807, 2.05) is 0 Å². The van der Waals surface area contributed by atoms with Crippen LogP contribution in [0.4, 0.5) is 19.3 Å². The van der Waals surface area contributed by atoms with Gasteiger partial charge in [0.2, 0.25) is 0 Å². The molecular weight excluding hydrogens is 322 g/mol. The van der Waals surface area contributed by atoms with Gasteiger partial charge in [-0.15, -0.1) is 0 Å². The van der Waals surface area contributed by atoms with E-state index in [0.29, 0.717) is 31.6 Å². The van der Waals surface area contributed by atoms with E-state index in [0.717, 1.165) is 19.8 Å². The summed E-state index contributed by atoms with van der Waals surface area (Å²) in [4.78, 5) is 23.1. The fourth-order valence-electron chi connectivity index (χ4n) is 1.99. The van der Waals surface area contributed by atoms with E-state index in [1.165, 1.54) is 12.8 Å². The number of esters is 1. The number of nitrogens with one attached hydrogen (secondary N) is 2. The molecule has 1 aromatic carbocycles. The molecule has 1 fully saturated rings. The molecule has 0 spiro atoms. The summed E-state index contributed by atoms with van der Waals surface area (Å²) in [5.74, 6) is -2.31. The third-order valence-electron chi connectivity index (χ3n) is 3.51. The molecule has 1 aromatic rings. The van der Waals surface area contributed by atoms with Crippen LogP contribution in [0.3, 0.4) is 0 Å². The number of urea groups is 1. The largest absolute Gasteiger partial charge is 0.465 e. The molecule has 2 amide bonds. The van der Waals surface area contributed by atoms with Crippen LogP contribution in [0.15, 0.2) is 12.1 Å². The number of benzene rings is 1. The second-order valence-electron chi connectivity index (χ2n) is 5.56. The van der Waals surface area contributed by atoms with Crippen LogP contribution in [0.1, 0.15) is 29.6 Å². The van der Waals surface area contributed by atoms with Crippen LogP contribution in [0.5, 0.6) is 0 Å². The van der Waals surface area contributed by atoms with Gasteiger partial charge >= 0.3 is 12.0 Å². The monoisotopic (exact) mass is 342 g/mol. The standard InChI is InChI=1S/C16H20F2N2O4/c1-23-15(21)11-7-14(13(18)8-12(11)17)20-16(22)19-5-2-6-24-9-10-3-4-10/h7-8,10H,2-6,9H2,1H3,(H2,19,20,22). The topological polar surface area (TPSA) is 76.7 Å². The number of anilines is 1. The van der Waals surface area contributed by atoms with Crippen LogP contribution in [0.25, 0.3) is 0 Å². The molecule has 0 atom stereocenters. The van der Waals surface area contributed by atoms with Crippen LogP contribution in [-0.4, -0.2) is 38.9 Å². The summed E-state index contributed by atoms with van der Waals surface area (Å²) >= 11 is 0. The fraction of sp³-hybridized carbons (Fsp3) is 0.500. The lowest BCUT2D eigenvalue weighted by molar-refractivity contribution is 0.0595. The smallest absolute Gasteiger partial charge is 0.340 e. The maximum atomic E-state index is 13.7. The molecule has 0 aliphatic heterocycles. The summed E-state index contributed by atoms with van der Waals surface area (Å²) < 4.78 is 37.0. The first-order chi connectivity index (χ1) is 11.5. The normalized spacial score (nSPS) is 13.5. The zero-order valence-electron chi connectivity index (χ0n) is 13.4. The average molecular weight is 342 g/mol. The van der Waals surface area contributed by atoms with E-state index >= 15 is 0 Å². The summed E-state index contributed by atoms with van der Waals surface area (Å²) in [6.07, 6.45) is 3.06. The highest BCUT2D eigenvalue weighted by atomic mass is 19.1. The molecule has 1 aliphatic carbocycles. The first-order valence-electron chi connectivity index (χ1n) is 7.71. The number of halogens is 2. The van der Waals surface area contributed by atoms with Gasteiger partial charge in [0.1, 0.15) is 11.6 Å². The SMILES string of the molecule is COC(=O)c1cc(NC(=O)NCCCOCC2CC2)c(F)cc1F. The van der Waals surface area contributed by atoms with Crippen molar-refractivity contribution in [1.82, 2.24) is 5.32 Å². The van der Waals surface area contributed by atoms with E-state index in [2.05, 4.69) is 15.4 Å². The highest BCUT2D eigenvalue weighted by molar-refractivity contribution is 5.94. The second kappa shape index (κ2) is 8.58. The van der Waals surface area contributed by atoms with Crippen LogP contribution in [0.2, 0.25) is 0 Å². The van der Waals surface area contributed by atoms with Gasteiger partial charge in [-0.05, 0) is 31.2 Å². The molecule has 132 valence electrons. The number of rotatable bonds is 8. The fourth-order valence-corrected chi connectivity index (χ4v) is 1.99. The first-order valence-corrected chi connectivity index (χ1v) is 7.71. The molecule has 24 heavy (non-hydrogen) atoms. The number of carbonyl (C=O) groups excluding carboxylic acids is 2. The van der Waals surface area contributed by atoms with Gasteiger partial charge in [0.05, 0.1) is 18.4 Å². The van der Waals surface area contributed by atoms with Gasteiger partial charge in [-0.25, -0.2) is 18.4 Å². The molecule has 0 heterocycles. The molecule has 2 N–H and O–H groups in total. The zero-order chi connectivity index (χ0) is 17.5. The summed E-state index contributed by atoms with van der Waals surface area (Å²) in [6.45, 7) is 1.64. The van der Waals surface area contributed by atoms with E-state index in [9.17, 15) is 18.4 Å². The van der Waals surface area contributed by atoms with Crippen molar-refractivity contribution in [2.75, 3.05) is 32.2 Å². The minimum absolute atomic E-state index is 0.306. The zero-order valence-corrected chi connectivity index (χ0v) is 13.4. The van der Waals surface area contributed by atoms with Crippen molar-refractivity contribution in [3.05, 3.63) is 29.3 Å². The molecule has 2 rings (SSSR count). The maximum absolute atomic E-state index is 13.7. The van der Waals surface area contributed by atoms with Gasteiger partial charge < -0.3 is 20.1 Å². The summed E-state index contributed by atoms with van der Waals surface area (Å²) in [7, 11) is 1.08. The molecule has 0 radical (unpaired) electrons. The number of carbonyl (C=O) groups is 2. The first kappa shape index (κ1) is 18.1. The third kappa shape index (κ3) is 5.45. The van der Waals surface area contributed by atoms with Crippen molar-refractivity contribution in [2.24, 2.45) is 5.92 Å². The lowest BCUT2D eigenvalue weighted by atomic mass is 10.2. The number of ether oxygens (including phenoxy) is 2. The van der Waals surface area contributed by atoms with Crippen LogP contribution in [0, 0.1) is 17.6 Å². The van der Waals surface area contributed by atoms with Gasteiger partial charge in [-0.1, -0.05) is 0 Å². The minimum Gasteiger partial charge on any atom is -0.465 e. The summed E-state index contributed by atoms with van der Waals surface area (Å²) in [5.41, 5.74) is -0.762. The van der Waals surface area contributed by atoms with E-state index < -0.39 is 29.2 Å². The van der Waals surface area contributed by atoms with Gasteiger partial charge in [-0.3, -0.25) is 0 Å². The van der Waals surface area contributed by atoms with Gasteiger partial charge in [0, 0.05) is 25.8 Å². The van der Waals surface area contributed by atoms with Crippen molar-refractivity contribution < 1.29 is 27.8 Å². The number of amides is 2. The van der Waals surface area contributed by atoms with E-state index in [4.69, 9.17) is 4.74 Å². The summed E-state index contributed by atoms with van der Waals surface area (Å²) in [6, 6.07) is 0.765. The Morgan fingerprint density at radius 1 is 1.25 bits per heavy atom. The Labute approximate surface area is 138 Å².